The average molecular weight is 487 g/mol. The summed E-state index contributed by atoms with van der Waals surface area (Å²) in [5.41, 5.74) is 4.60. The van der Waals surface area contributed by atoms with E-state index in [9.17, 15) is 0 Å². The Morgan fingerprint density at radius 3 is 2.49 bits per heavy atom. The molecule has 7 rings (SSSR count). The van der Waals surface area contributed by atoms with Crippen LogP contribution in [0.25, 0.3) is 27.8 Å². The molecule has 0 bridgehead atoms. The lowest BCUT2D eigenvalue weighted by Crippen LogP contribution is -2.15. The van der Waals surface area contributed by atoms with Crippen molar-refractivity contribution >= 4 is 16.4 Å². The standard InChI is InChI=1S/C30H22N4O3/c1-35-23-15-13-20(16-24(23)36-2)28-32-29-26-25(19-9-4-3-5-10-19)22-14-12-18-8-6-7-11-21(18)27(22)37-30(26)31-17-34(29)33-28/h3-17,25H,1-2H3/t25-/m1/s1. The van der Waals surface area contributed by atoms with Gasteiger partial charge in [0, 0.05) is 22.4 Å². The van der Waals surface area contributed by atoms with Gasteiger partial charge in [0.1, 0.15) is 12.1 Å². The smallest absolute Gasteiger partial charge is 0.228 e. The minimum absolute atomic E-state index is 0.122. The van der Waals surface area contributed by atoms with Crippen LogP contribution >= 0.6 is 0 Å². The fourth-order valence-corrected chi connectivity index (χ4v) is 5.14. The van der Waals surface area contributed by atoms with Crippen molar-refractivity contribution in [1.29, 1.82) is 0 Å². The molecule has 0 saturated heterocycles. The quantitative estimate of drug-likeness (QED) is 0.293. The van der Waals surface area contributed by atoms with Gasteiger partial charge in [0.05, 0.1) is 19.8 Å². The summed E-state index contributed by atoms with van der Waals surface area (Å²) in [6.45, 7) is 0. The van der Waals surface area contributed by atoms with Gasteiger partial charge in [-0.25, -0.2) is 14.5 Å². The number of ether oxygens (including phenoxy) is 3. The van der Waals surface area contributed by atoms with E-state index in [1.54, 1.807) is 25.1 Å². The number of fused-ring (bicyclic) bond motifs is 6. The fourth-order valence-electron chi connectivity index (χ4n) is 5.14. The van der Waals surface area contributed by atoms with E-state index in [4.69, 9.17) is 29.3 Å². The molecule has 0 amide bonds. The van der Waals surface area contributed by atoms with E-state index in [1.807, 2.05) is 36.4 Å². The van der Waals surface area contributed by atoms with Gasteiger partial charge in [-0.2, -0.15) is 0 Å². The first-order chi connectivity index (χ1) is 18.2. The third-order valence-corrected chi connectivity index (χ3v) is 6.87. The first kappa shape index (κ1) is 21.4. The maximum absolute atomic E-state index is 6.50. The Morgan fingerprint density at radius 2 is 1.65 bits per heavy atom. The molecule has 0 saturated carbocycles. The van der Waals surface area contributed by atoms with Crippen molar-refractivity contribution in [3.63, 3.8) is 0 Å². The van der Waals surface area contributed by atoms with E-state index in [0.717, 1.165) is 38.8 Å². The molecule has 180 valence electrons. The second kappa shape index (κ2) is 8.34. The van der Waals surface area contributed by atoms with E-state index >= 15 is 0 Å². The summed E-state index contributed by atoms with van der Waals surface area (Å²) in [7, 11) is 3.23. The molecule has 1 atom stereocenters. The molecule has 4 aromatic carbocycles. The molecule has 7 nitrogen and oxygen atoms in total. The SMILES string of the molecule is COc1ccc(-c2nc3c4c(ncn3n2)Oc2c(ccc3ccccc23)[C@H]4c2ccccc2)cc1OC. The number of hydrogen-bond acceptors (Lipinski definition) is 6. The Labute approximate surface area is 212 Å². The van der Waals surface area contributed by atoms with Crippen molar-refractivity contribution < 1.29 is 14.2 Å². The lowest BCUT2D eigenvalue weighted by molar-refractivity contribution is 0.355. The molecule has 1 aliphatic rings. The molecule has 1 aliphatic heterocycles. The molecular weight excluding hydrogens is 464 g/mol. The van der Waals surface area contributed by atoms with Crippen molar-refractivity contribution in [2.24, 2.45) is 0 Å². The Kier molecular flexibility index (Phi) is 4.82. The minimum Gasteiger partial charge on any atom is -0.493 e. The van der Waals surface area contributed by atoms with Crippen molar-refractivity contribution in [3.05, 3.63) is 108 Å². The highest BCUT2D eigenvalue weighted by atomic mass is 16.5. The molecule has 37 heavy (non-hydrogen) atoms. The molecule has 2 aromatic heterocycles. The number of rotatable bonds is 4. The van der Waals surface area contributed by atoms with E-state index < -0.39 is 0 Å². The number of nitrogens with zero attached hydrogens (tertiary/aromatic N) is 4. The summed E-state index contributed by atoms with van der Waals surface area (Å²) < 4.78 is 19.1. The van der Waals surface area contributed by atoms with Gasteiger partial charge < -0.3 is 14.2 Å². The van der Waals surface area contributed by atoms with Crippen LogP contribution in [0.2, 0.25) is 0 Å². The van der Waals surface area contributed by atoms with E-state index in [-0.39, 0.29) is 5.92 Å². The Hall–Kier alpha value is -4.91. The predicted octanol–water partition coefficient (Wildman–Crippen LogP) is 6.25. The molecule has 0 N–H and O–H groups in total. The van der Waals surface area contributed by atoms with Gasteiger partial charge in [0.2, 0.25) is 5.88 Å². The van der Waals surface area contributed by atoms with Crippen LogP contribution < -0.4 is 14.2 Å². The zero-order valence-electron chi connectivity index (χ0n) is 20.3. The van der Waals surface area contributed by atoms with Gasteiger partial charge in [-0.1, -0.05) is 66.7 Å². The highest BCUT2D eigenvalue weighted by Gasteiger charge is 2.34. The minimum atomic E-state index is -0.122. The van der Waals surface area contributed by atoms with Gasteiger partial charge in [-0.05, 0) is 29.1 Å². The van der Waals surface area contributed by atoms with Crippen LogP contribution in [0, 0.1) is 0 Å². The fraction of sp³-hybridized carbons (Fsp3) is 0.100. The van der Waals surface area contributed by atoms with Crippen LogP contribution in [0.4, 0.5) is 0 Å². The summed E-state index contributed by atoms with van der Waals surface area (Å²) in [6.07, 6.45) is 1.66. The molecular formula is C30H22N4O3. The summed E-state index contributed by atoms with van der Waals surface area (Å²) in [5.74, 6) is 3.07. The highest BCUT2D eigenvalue weighted by Crippen LogP contribution is 2.50. The molecule has 0 radical (unpaired) electrons. The van der Waals surface area contributed by atoms with Gasteiger partial charge in [0.25, 0.3) is 0 Å². The lowest BCUT2D eigenvalue weighted by Gasteiger charge is -2.28. The normalized spacial score (nSPS) is 14.2. The molecule has 0 aliphatic carbocycles. The molecule has 3 heterocycles. The zero-order chi connectivity index (χ0) is 24.9. The van der Waals surface area contributed by atoms with Gasteiger partial charge in [0.15, 0.2) is 23.0 Å². The highest BCUT2D eigenvalue weighted by molar-refractivity contribution is 5.91. The molecule has 6 aromatic rings. The topological polar surface area (TPSA) is 70.8 Å². The van der Waals surface area contributed by atoms with Crippen LogP contribution in [-0.2, 0) is 0 Å². The van der Waals surface area contributed by atoms with E-state index in [1.165, 1.54) is 0 Å². The molecule has 7 heteroatoms. The number of benzene rings is 4. The van der Waals surface area contributed by atoms with Crippen LogP contribution in [0.1, 0.15) is 22.6 Å². The first-order valence-electron chi connectivity index (χ1n) is 12.0. The van der Waals surface area contributed by atoms with Crippen molar-refractivity contribution in [2.45, 2.75) is 5.92 Å². The van der Waals surface area contributed by atoms with Crippen molar-refractivity contribution in [1.82, 2.24) is 19.6 Å². The third kappa shape index (κ3) is 3.31. The maximum atomic E-state index is 6.50. The third-order valence-electron chi connectivity index (χ3n) is 6.87. The Morgan fingerprint density at radius 1 is 0.838 bits per heavy atom. The Balaban J connectivity index is 1.47. The monoisotopic (exact) mass is 486 g/mol. The summed E-state index contributed by atoms with van der Waals surface area (Å²) in [6, 6.07) is 28.6. The molecule has 0 fully saturated rings. The van der Waals surface area contributed by atoms with Gasteiger partial charge in [-0.15, -0.1) is 5.10 Å². The second-order valence-corrected chi connectivity index (χ2v) is 8.89. The van der Waals surface area contributed by atoms with Crippen molar-refractivity contribution in [3.8, 4) is 34.5 Å². The predicted molar refractivity (Wildman–Crippen MR) is 141 cm³/mol. The summed E-state index contributed by atoms with van der Waals surface area (Å²) >= 11 is 0. The first-order valence-corrected chi connectivity index (χ1v) is 12.0. The number of hydrogen-bond donors (Lipinski definition) is 0. The number of methoxy groups -OCH3 is 2. The zero-order valence-corrected chi connectivity index (χ0v) is 20.3. The van der Waals surface area contributed by atoms with Gasteiger partial charge >= 0.3 is 0 Å². The van der Waals surface area contributed by atoms with Gasteiger partial charge in [-0.3, -0.25) is 0 Å². The summed E-state index contributed by atoms with van der Waals surface area (Å²) in [4.78, 5) is 9.66. The number of aromatic nitrogens is 4. The Bertz CT molecular complexity index is 1800. The van der Waals surface area contributed by atoms with Crippen LogP contribution in [0.3, 0.4) is 0 Å². The van der Waals surface area contributed by atoms with Crippen LogP contribution in [-0.4, -0.2) is 33.8 Å². The molecule has 0 spiro atoms. The van der Waals surface area contributed by atoms with Crippen LogP contribution in [0.15, 0.2) is 91.3 Å². The maximum Gasteiger partial charge on any atom is 0.228 e. The van der Waals surface area contributed by atoms with E-state index in [2.05, 4.69) is 48.5 Å². The largest absolute Gasteiger partial charge is 0.493 e. The van der Waals surface area contributed by atoms with Crippen molar-refractivity contribution in [2.75, 3.05) is 14.2 Å². The van der Waals surface area contributed by atoms with E-state index in [0.29, 0.717) is 28.9 Å². The van der Waals surface area contributed by atoms with Crippen LogP contribution in [0.5, 0.6) is 23.1 Å². The average Bonchev–Trinajstić information content (AvgIpc) is 3.41. The second-order valence-electron chi connectivity index (χ2n) is 8.89. The summed E-state index contributed by atoms with van der Waals surface area (Å²) in [5, 5.41) is 6.92. The molecule has 0 unspecified atom stereocenters. The lowest BCUT2D eigenvalue weighted by atomic mass is 9.83.